The van der Waals surface area contributed by atoms with Crippen LogP contribution in [0.4, 0.5) is 0 Å². The van der Waals surface area contributed by atoms with Gasteiger partial charge in [0.15, 0.2) is 0 Å². The molecule has 1 aromatic heterocycles. The molecule has 94 valence electrons. The van der Waals surface area contributed by atoms with E-state index in [0.29, 0.717) is 6.61 Å². The van der Waals surface area contributed by atoms with Crippen LogP contribution < -0.4 is 4.74 Å². The van der Waals surface area contributed by atoms with Gasteiger partial charge < -0.3 is 4.74 Å². The maximum atomic E-state index is 5.79. The van der Waals surface area contributed by atoms with Crippen molar-refractivity contribution in [3.05, 3.63) is 70.8 Å². The van der Waals surface area contributed by atoms with Crippen molar-refractivity contribution < 1.29 is 4.74 Å². The number of aromatic nitrogens is 1. The van der Waals surface area contributed by atoms with E-state index in [1.54, 1.807) is 6.20 Å². The molecule has 0 saturated heterocycles. The third-order valence-corrected chi connectivity index (χ3v) is 3.37. The fourth-order valence-electron chi connectivity index (χ4n) is 1.93. The predicted octanol–water partition coefficient (Wildman–Crippen LogP) is 4.58. The van der Waals surface area contributed by atoms with Gasteiger partial charge in [0, 0.05) is 22.1 Å². The maximum absolute atomic E-state index is 5.79. The highest BCUT2D eigenvalue weighted by Crippen LogP contribution is 2.20. The summed E-state index contributed by atoms with van der Waals surface area (Å²) < 4.78 is 6.86. The summed E-state index contributed by atoms with van der Waals surface area (Å²) in [5.74, 6) is 0.839. The summed E-state index contributed by atoms with van der Waals surface area (Å²) >= 11 is 3.46. The van der Waals surface area contributed by atoms with Crippen LogP contribution in [0, 0.1) is 0 Å². The smallest absolute Gasteiger partial charge is 0.122 e. The molecule has 0 radical (unpaired) electrons. The highest BCUT2D eigenvalue weighted by Gasteiger charge is 1.99. The van der Waals surface area contributed by atoms with Crippen LogP contribution in [0.1, 0.15) is 5.56 Å². The molecule has 0 aliphatic heterocycles. The Balaban J connectivity index is 1.78. The highest BCUT2D eigenvalue weighted by atomic mass is 79.9. The van der Waals surface area contributed by atoms with Crippen molar-refractivity contribution >= 4 is 26.8 Å². The molecule has 0 atom stereocenters. The van der Waals surface area contributed by atoms with Gasteiger partial charge in [-0.1, -0.05) is 34.1 Å². The minimum atomic E-state index is 0.553. The molecular formula is C16H12BrNO. The van der Waals surface area contributed by atoms with E-state index < -0.39 is 0 Å². The molecule has 0 unspecified atom stereocenters. The number of ether oxygens (including phenoxy) is 1. The summed E-state index contributed by atoms with van der Waals surface area (Å²) in [6.07, 6.45) is 1.79. The first-order valence-electron chi connectivity index (χ1n) is 6.03. The van der Waals surface area contributed by atoms with Crippen molar-refractivity contribution in [3.8, 4) is 5.75 Å². The average Bonchev–Trinajstić information content (AvgIpc) is 2.45. The van der Waals surface area contributed by atoms with Gasteiger partial charge in [0.2, 0.25) is 0 Å². The summed E-state index contributed by atoms with van der Waals surface area (Å²) in [4.78, 5) is 4.32. The lowest BCUT2D eigenvalue weighted by molar-refractivity contribution is 0.306. The SMILES string of the molecule is Brc1cccc(COc2ccc3cccnc3c2)c1. The lowest BCUT2D eigenvalue weighted by atomic mass is 10.2. The quantitative estimate of drug-likeness (QED) is 0.706. The Labute approximate surface area is 120 Å². The lowest BCUT2D eigenvalue weighted by Gasteiger charge is -2.07. The van der Waals surface area contributed by atoms with Gasteiger partial charge in [0.25, 0.3) is 0 Å². The first-order chi connectivity index (χ1) is 9.31. The van der Waals surface area contributed by atoms with Crippen LogP contribution in [0.25, 0.3) is 10.9 Å². The van der Waals surface area contributed by atoms with Crippen LogP contribution in [0.3, 0.4) is 0 Å². The molecule has 2 nitrogen and oxygen atoms in total. The molecule has 19 heavy (non-hydrogen) atoms. The van der Waals surface area contributed by atoms with Crippen molar-refractivity contribution in [3.63, 3.8) is 0 Å². The summed E-state index contributed by atoms with van der Waals surface area (Å²) in [6, 6.07) is 18.1. The Bertz CT molecular complexity index is 712. The highest BCUT2D eigenvalue weighted by molar-refractivity contribution is 9.10. The lowest BCUT2D eigenvalue weighted by Crippen LogP contribution is -1.95. The molecule has 3 rings (SSSR count). The molecule has 0 aliphatic carbocycles. The largest absolute Gasteiger partial charge is 0.489 e. The van der Waals surface area contributed by atoms with Crippen LogP contribution in [-0.4, -0.2) is 4.98 Å². The Morgan fingerprint density at radius 3 is 2.84 bits per heavy atom. The number of hydrogen-bond donors (Lipinski definition) is 0. The summed E-state index contributed by atoms with van der Waals surface area (Å²) in [5.41, 5.74) is 2.09. The zero-order valence-corrected chi connectivity index (χ0v) is 11.8. The Morgan fingerprint density at radius 1 is 1.00 bits per heavy atom. The average molecular weight is 314 g/mol. The second-order valence-corrected chi connectivity index (χ2v) is 5.19. The van der Waals surface area contributed by atoms with Crippen LogP contribution in [0.15, 0.2) is 65.3 Å². The molecule has 0 saturated carbocycles. The Morgan fingerprint density at radius 2 is 1.95 bits per heavy atom. The van der Waals surface area contributed by atoms with Gasteiger partial charge in [0.1, 0.15) is 12.4 Å². The molecule has 0 aliphatic rings. The number of benzene rings is 2. The summed E-state index contributed by atoms with van der Waals surface area (Å²) in [6.45, 7) is 0.553. The molecular weight excluding hydrogens is 302 g/mol. The second kappa shape index (κ2) is 5.41. The first-order valence-corrected chi connectivity index (χ1v) is 6.82. The zero-order chi connectivity index (χ0) is 13.1. The van der Waals surface area contributed by atoms with E-state index >= 15 is 0 Å². The number of fused-ring (bicyclic) bond motifs is 1. The number of hydrogen-bond acceptors (Lipinski definition) is 2. The van der Waals surface area contributed by atoms with Gasteiger partial charge in [-0.05, 0) is 35.9 Å². The van der Waals surface area contributed by atoms with Crippen molar-refractivity contribution in [1.29, 1.82) is 0 Å². The van der Waals surface area contributed by atoms with Crippen LogP contribution in [0.2, 0.25) is 0 Å². The molecule has 2 aromatic carbocycles. The third-order valence-electron chi connectivity index (χ3n) is 2.87. The van der Waals surface area contributed by atoms with E-state index in [2.05, 4.69) is 27.0 Å². The van der Waals surface area contributed by atoms with Crippen LogP contribution in [-0.2, 0) is 6.61 Å². The van der Waals surface area contributed by atoms with E-state index in [1.165, 1.54) is 0 Å². The molecule has 0 N–H and O–H groups in total. The van der Waals surface area contributed by atoms with E-state index in [-0.39, 0.29) is 0 Å². The molecule has 3 aromatic rings. The monoisotopic (exact) mass is 313 g/mol. The topological polar surface area (TPSA) is 22.1 Å². The fourth-order valence-corrected chi connectivity index (χ4v) is 2.38. The number of rotatable bonds is 3. The van der Waals surface area contributed by atoms with Gasteiger partial charge >= 0.3 is 0 Å². The van der Waals surface area contributed by atoms with Crippen molar-refractivity contribution in [2.45, 2.75) is 6.61 Å². The second-order valence-electron chi connectivity index (χ2n) is 4.28. The van der Waals surface area contributed by atoms with E-state index in [0.717, 1.165) is 26.7 Å². The molecule has 0 bridgehead atoms. The van der Waals surface area contributed by atoms with Crippen molar-refractivity contribution in [1.82, 2.24) is 4.98 Å². The van der Waals surface area contributed by atoms with Gasteiger partial charge in [-0.15, -0.1) is 0 Å². The van der Waals surface area contributed by atoms with Crippen LogP contribution in [0.5, 0.6) is 5.75 Å². The number of halogens is 1. The van der Waals surface area contributed by atoms with Crippen molar-refractivity contribution in [2.75, 3.05) is 0 Å². The minimum Gasteiger partial charge on any atom is -0.489 e. The van der Waals surface area contributed by atoms with Gasteiger partial charge in [-0.2, -0.15) is 0 Å². The van der Waals surface area contributed by atoms with Gasteiger partial charge in [0.05, 0.1) is 5.52 Å². The van der Waals surface area contributed by atoms with E-state index in [1.807, 2.05) is 48.5 Å². The summed E-state index contributed by atoms with van der Waals surface area (Å²) in [7, 11) is 0. The third kappa shape index (κ3) is 2.93. The van der Waals surface area contributed by atoms with Crippen LogP contribution >= 0.6 is 15.9 Å². The Kier molecular flexibility index (Phi) is 3.47. The fraction of sp³-hybridized carbons (Fsp3) is 0.0625. The zero-order valence-electron chi connectivity index (χ0n) is 10.2. The van der Waals surface area contributed by atoms with Gasteiger partial charge in [-0.25, -0.2) is 0 Å². The Hall–Kier alpha value is -1.87. The normalized spacial score (nSPS) is 10.6. The number of pyridine rings is 1. The molecule has 0 spiro atoms. The van der Waals surface area contributed by atoms with E-state index in [9.17, 15) is 0 Å². The summed E-state index contributed by atoms with van der Waals surface area (Å²) in [5, 5.41) is 1.12. The van der Waals surface area contributed by atoms with Gasteiger partial charge in [-0.3, -0.25) is 4.98 Å². The van der Waals surface area contributed by atoms with E-state index in [4.69, 9.17) is 4.74 Å². The molecule has 0 fully saturated rings. The first kappa shape index (κ1) is 12.2. The standard InChI is InChI=1S/C16H12BrNO/c17-14-5-1-3-12(9-14)11-19-15-7-6-13-4-2-8-18-16(13)10-15/h1-10H,11H2. The molecule has 1 heterocycles. The number of nitrogens with zero attached hydrogens (tertiary/aromatic N) is 1. The molecule has 3 heteroatoms. The predicted molar refractivity (Wildman–Crippen MR) is 80.2 cm³/mol. The maximum Gasteiger partial charge on any atom is 0.122 e. The molecule has 0 amide bonds. The van der Waals surface area contributed by atoms with Crippen molar-refractivity contribution in [2.24, 2.45) is 0 Å². The minimum absolute atomic E-state index is 0.553.